The quantitative estimate of drug-likeness (QED) is 0.849. The Hall–Kier alpha value is -1.91. The van der Waals surface area contributed by atoms with Gasteiger partial charge in [-0.1, -0.05) is 0 Å². The molecule has 5 heteroatoms. The molecule has 0 aliphatic carbocycles. The molecule has 1 atom stereocenters. The molecule has 1 aromatic rings. The summed E-state index contributed by atoms with van der Waals surface area (Å²) in [4.78, 5) is 23.9. The molecule has 1 aromatic carbocycles. The van der Waals surface area contributed by atoms with E-state index in [1.165, 1.54) is 17.0 Å². The van der Waals surface area contributed by atoms with Crippen molar-refractivity contribution in [3.63, 3.8) is 0 Å². The molecule has 1 heterocycles. The number of hydrogen-bond acceptors (Lipinski definition) is 2. The number of amides is 1. The number of nitrogens with zero attached hydrogens (tertiary/aromatic N) is 1. The fourth-order valence-electron chi connectivity index (χ4n) is 1.92. The molecule has 17 heavy (non-hydrogen) atoms. The lowest BCUT2D eigenvalue weighted by molar-refractivity contribution is -0.141. The van der Waals surface area contributed by atoms with E-state index < -0.39 is 11.9 Å². The Labute approximate surface area is 97.7 Å². The molecule has 90 valence electrons. The van der Waals surface area contributed by atoms with Crippen molar-refractivity contribution in [3.8, 4) is 0 Å². The number of benzene rings is 1. The number of anilines is 1. The van der Waals surface area contributed by atoms with Crippen molar-refractivity contribution < 1.29 is 19.1 Å². The summed E-state index contributed by atoms with van der Waals surface area (Å²) in [6, 6.07) is 4.33. The first-order valence-electron chi connectivity index (χ1n) is 5.28. The number of aliphatic carboxylic acids is 1. The third-order valence-corrected chi connectivity index (χ3v) is 2.93. The number of carboxylic acids is 1. The van der Waals surface area contributed by atoms with Gasteiger partial charge >= 0.3 is 5.97 Å². The highest BCUT2D eigenvalue weighted by molar-refractivity contribution is 5.99. The number of carbonyl (C=O) groups excluding carboxylic acids is 1. The van der Waals surface area contributed by atoms with Gasteiger partial charge in [0.2, 0.25) is 5.91 Å². The molecule has 0 radical (unpaired) electrons. The van der Waals surface area contributed by atoms with Gasteiger partial charge in [0, 0.05) is 18.7 Å². The molecule has 1 aliphatic rings. The lowest BCUT2D eigenvalue weighted by Gasteiger charge is -2.16. The van der Waals surface area contributed by atoms with Crippen LogP contribution in [0.4, 0.5) is 10.1 Å². The minimum absolute atomic E-state index is 0.00571. The van der Waals surface area contributed by atoms with Gasteiger partial charge in [0.05, 0.1) is 5.92 Å². The molecule has 1 N–H and O–H groups in total. The van der Waals surface area contributed by atoms with Gasteiger partial charge in [-0.2, -0.15) is 0 Å². The second-order valence-corrected chi connectivity index (χ2v) is 4.18. The SMILES string of the molecule is Cc1cc(N2C[C@@H](C(=O)O)CC2=O)ccc1F. The Bertz CT molecular complexity index is 487. The van der Waals surface area contributed by atoms with E-state index >= 15 is 0 Å². The average Bonchev–Trinajstić information content (AvgIpc) is 2.65. The predicted molar refractivity (Wildman–Crippen MR) is 59.2 cm³/mol. The summed E-state index contributed by atoms with van der Waals surface area (Å²) >= 11 is 0. The van der Waals surface area contributed by atoms with Gasteiger partial charge in [-0.15, -0.1) is 0 Å². The smallest absolute Gasteiger partial charge is 0.308 e. The van der Waals surface area contributed by atoms with E-state index in [-0.39, 0.29) is 24.7 Å². The second-order valence-electron chi connectivity index (χ2n) is 4.18. The maximum Gasteiger partial charge on any atom is 0.308 e. The van der Waals surface area contributed by atoms with E-state index in [4.69, 9.17) is 5.11 Å². The van der Waals surface area contributed by atoms with Gasteiger partial charge in [-0.25, -0.2) is 4.39 Å². The first-order valence-corrected chi connectivity index (χ1v) is 5.28. The van der Waals surface area contributed by atoms with Crippen LogP contribution in [0.25, 0.3) is 0 Å². The van der Waals surface area contributed by atoms with Gasteiger partial charge in [-0.05, 0) is 30.7 Å². The van der Waals surface area contributed by atoms with Crippen molar-refractivity contribution >= 4 is 17.6 Å². The van der Waals surface area contributed by atoms with Crippen LogP contribution in [0.1, 0.15) is 12.0 Å². The third kappa shape index (κ3) is 2.13. The summed E-state index contributed by atoms with van der Waals surface area (Å²) in [5, 5.41) is 8.86. The highest BCUT2D eigenvalue weighted by Crippen LogP contribution is 2.26. The minimum Gasteiger partial charge on any atom is -0.481 e. The molecule has 0 bridgehead atoms. The zero-order chi connectivity index (χ0) is 12.6. The molecule has 2 rings (SSSR count). The Morgan fingerprint density at radius 1 is 1.53 bits per heavy atom. The number of aryl methyl sites for hydroxylation is 1. The van der Waals surface area contributed by atoms with Crippen LogP contribution in [0, 0.1) is 18.7 Å². The normalized spacial score (nSPS) is 19.8. The topological polar surface area (TPSA) is 57.6 Å². The molecule has 1 saturated heterocycles. The van der Waals surface area contributed by atoms with Crippen LogP contribution in [0.2, 0.25) is 0 Å². The zero-order valence-corrected chi connectivity index (χ0v) is 9.31. The Kier molecular flexibility index (Phi) is 2.83. The van der Waals surface area contributed by atoms with Crippen molar-refractivity contribution in [3.05, 3.63) is 29.6 Å². The Morgan fingerprint density at radius 2 is 2.24 bits per heavy atom. The predicted octanol–water partition coefficient (Wildman–Crippen LogP) is 1.57. The van der Waals surface area contributed by atoms with Crippen molar-refractivity contribution in [2.45, 2.75) is 13.3 Å². The van der Waals surface area contributed by atoms with Crippen molar-refractivity contribution in [2.75, 3.05) is 11.4 Å². The van der Waals surface area contributed by atoms with Crippen molar-refractivity contribution in [2.24, 2.45) is 5.92 Å². The van der Waals surface area contributed by atoms with Crippen molar-refractivity contribution in [1.82, 2.24) is 0 Å². The van der Waals surface area contributed by atoms with E-state index in [0.717, 1.165) is 0 Å². The minimum atomic E-state index is -0.973. The van der Waals surface area contributed by atoms with Crippen molar-refractivity contribution in [1.29, 1.82) is 0 Å². The van der Waals surface area contributed by atoms with Crippen LogP contribution in [0.15, 0.2) is 18.2 Å². The molecular weight excluding hydrogens is 225 g/mol. The zero-order valence-electron chi connectivity index (χ0n) is 9.31. The van der Waals surface area contributed by atoms with Crippen LogP contribution in [-0.2, 0) is 9.59 Å². The van der Waals surface area contributed by atoms with Gasteiger partial charge in [-0.3, -0.25) is 9.59 Å². The third-order valence-electron chi connectivity index (χ3n) is 2.93. The first-order chi connectivity index (χ1) is 7.99. The highest BCUT2D eigenvalue weighted by atomic mass is 19.1. The van der Waals surface area contributed by atoms with Gasteiger partial charge < -0.3 is 10.0 Å². The van der Waals surface area contributed by atoms with E-state index in [0.29, 0.717) is 11.3 Å². The molecule has 1 amide bonds. The number of rotatable bonds is 2. The molecule has 0 unspecified atom stereocenters. The van der Waals surface area contributed by atoms with Crippen LogP contribution in [-0.4, -0.2) is 23.5 Å². The van der Waals surface area contributed by atoms with Gasteiger partial charge in [0.25, 0.3) is 0 Å². The molecular formula is C12H12FNO3. The molecule has 0 aromatic heterocycles. The monoisotopic (exact) mass is 237 g/mol. The maximum atomic E-state index is 13.1. The fourth-order valence-corrected chi connectivity index (χ4v) is 1.92. The van der Waals surface area contributed by atoms with Gasteiger partial charge in [0.1, 0.15) is 5.82 Å². The lowest BCUT2D eigenvalue weighted by Crippen LogP contribution is -2.25. The number of hydrogen-bond donors (Lipinski definition) is 1. The maximum absolute atomic E-state index is 13.1. The summed E-state index contributed by atoms with van der Waals surface area (Å²) in [5.41, 5.74) is 0.992. The first kappa shape index (κ1) is 11.6. The molecule has 4 nitrogen and oxygen atoms in total. The Morgan fingerprint density at radius 3 is 2.76 bits per heavy atom. The van der Waals surface area contributed by atoms with Crippen LogP contribution in [0.5, 0.6) is 0 Å². The molecule has 0 saturated carbocycles. The van der Waals surface area contributed by atoms with E-state index in [9.17, 15) is 14.0 Å². The fraction of sp³-hybridized carbons (Fsp3) is 0.333. The summed E-state index contributed by atoms with van der Waals surface area (Å²) in [7, 11) is 0. The Balaban J connectivity index is 2.26. The van der Waals surface area contributed by atoms with Crippen LogP contribution < -0.4 is 4.90 Å². The molecule has 1 fully saturated rings. The second kappa shape index (κ2) is 4.16. The van der Waals surface area contributed by atoms with Crippen LogP contribution >= 0.6 is 0 Å². The summed E-state index contributed by atoms with van der Waals surface area (Å²) in [5.74, 6) is -2.22. The standard InChI is InChI=1S/C12H12FNO3/c1-7-4-9(2-3-10(7)13)14-6-8(12(16)17)5-11(14)15/h2-4,8H,5-6H2,1H3,(H,16,17)/t8-/m0/s1. The van der Waals surface area contributed by atoms with Crippen LogP contribution in [0.3, 0.4) is 0 Å². The van der Waals surface area contributed by atoms with E-state index in [1.54, 1.807) is 13.0 Å². The van der Waals surface area contributed by atoms with Gasteiger partial charge in [0.15, 0.2) is 0 Å². The summed E-state index contributed by atoms with van der Waals surface area (Å²) in [6.07, 6.45) is 0.00571. The number of halogens is 1. The largest absolute Gasteiger partial charge is 0.481 e. The van der Waals surface area contributed by atoms with E-state index in [2.05, 4.69) is 0 Å². The number of carbonyl (C=O) groups is 2. The lowest BCUT2D eigenvalue weighted by atomic mass is 10.1. The molecule has 1 aliphatic heterocycles. The number of carboxylic acid groups (broad SMARTS) is 1. The summed E-state index contributed by atoms with van der Waals surface area (Å²) in [6.45, 7) is 1.76. The average molecular weight is 237 g/mol. The highest BCUT2D eigenvalue weighted by Gasteiger charge is 2.35. The van der Waals surface area contributed by atoms with E-state index in [1.807, 2.05) is 0 Å². The summed E-state index contributed by atoms with van der Waals surface area (Å²) < 4.78 is 13.1. The molecule has 0 spiro atoms.